The van der Waals surface area contributed by atoms with Crippen LogP contribution in [0.2, 0.25) is 5.02 Å². The van der Waals surface area contributed by atoms with Crippen molar-refractivity contribution in [1.29, 1.82) is 0 Å². The maximum atomic E-state index is 13.8. The number of para-hydroxylation sites is 1. The fourth-order valence-corrected chi connectivity index (χ4v) is 4.59. The number of hydrogen-bond donors (Lipinski definition) is 3. The molecular formula is C29H30ClN5O6. The van der Waals surface area contributed by atoms with E-state index in [1.165, 1.54) is 25.6 Å². The van der Waals surface area contributed by atoms with Crippen LogP contribution < -0.4 is 20.2 Å². The van der Waals surface area contributed by atoms with Crippen molar-refractivity contribution in [2.24, 2.45) is 11.1 Å². The number of pyridine rings is 1. The van der Waals surface area contributed by atoms with E-state index < -0.39 is 29.9 Å². The quantitative estimate of drug-likeness (QED) is 0.319. The maximum Gasteiger partial charge on any atom is 0.337 e. The number of amides is 3. The fourth-order valence-electron chi connectivity index (χ4n) is 4.40. The largest absolute Gasteiger partial charge is 0.496 e. The van der Waals surface area contributed by atoms with Crippen molar-refractivity contribution >= 4 is 35.3 Å². The molecule has 1 aliphatic heterocycles. The molecule has 0 radical (unpaired) electrons. The lowest BCUT2D eigenvalue weighted by Crippen LogP contribution is -2.48. The standard InChI is InChI=1S/C29H30ClN5O6/c1-3-24(19-12-21(28(37)38)15-31-14-19)33-29(39)35-17-26(34-41-23-7-5-4-6-8-23)32-16-20(27(35)36)11-18-13-22(30)9-10-25(18)40-2/h4-10,12-15,20,24H,3,11,16-17H2,1-2H3,(H,32,34)(H,33,39)(H,37,38)/t20-,24?/m1/s1. The van der Waals surface area contributed by atoms with Gasteiger partial charge in [-0.05, 0) is 60.4 Å². The predicted octanol–water partition coefficient (Wildman–Crippen LogP) is 4.29. The number of benzene rings is 2. The number of nitrogens with zero attached hydrogens (tertiary/aromatic N) is 3. The number of aromatic carboxylic acids is 1. The average molecular weight is 580 g/mol. The van der Waals surface area contributed by atoms with Gasteiger partial charge < -0.3 is 25.3 Å². The Labute approximate surface area is 242 Å². The van der Waals surface area contributed by atoms with Gasteiger partial charge in [0.25, 0.3) is 0 Å². The van der Waals surface area contributed by atoms with Crippen LogP contribution in [0.15, 0.2) is 72.1 Å². The third kappa shape index (κ3) is 7.52. The molecule has 2 heterocycles. The maximum absolute atomic E-state index is 13.8. The molecule has 41 heavy (non-hydrogen) atoms. The number of urea groups is 1. The number of carboxylic acids is 1. The van der Waals surface area contributed by atoms with Crippen molar-refractivity contribution in [2.45, 2.75) is 25.8 Å². The van der Waals surface area contributed by atoms with Crippen molar-refractivity contribution in [3.05, 3.63) is 88.7 Å². The van der Waals surface area contributed by atoms with E-state index >= 15 is 0 Å². The second-order valence-corrected chi connectivity index (χ2v) is 9.76. The summed E-state index contributed by atoms with van der Waals surface area (Å²) >= 11 is 6.22. The highest BCUT2D eigenvalue weighted by Crippen LogP contribution is 2.27. The molecule has 4 rings (SSSR count). The highest BCUT2D eigenvalue weighted by molar-refractivity contribution is 6.30. The number of aromatic nitrogens is 1. The van der Waals surface area contributed by atoms with E-state index in [0.29, 0.717) is 34.1 Å². The van der Waals surface area contributed by atoms with Gasteiger partial charge in [0, 0.05) is 24.0 Å². The number of halogens is 1. The molecule has 12 heteroatoms. The molecule has 2 aromatic carbocycles. The highest BCUT2D eigenvalue weighted by atomic mass is 35.5. The van der Waals surface area contributed by atoms with Crippen molar-refractivity contribution in [3.8, 4) is 11.5 Å². The number of imide groups is 1. The number of carbonyl (C=O) groups is 3. The van der Waals surface area contributed by atoms with Crippen molar-refractivity contribution < 1.29 is 29.1 Å². The normalized spacial score (nSPS) is 16.9. The summed E-state index contributed by atoms with van der Waals surface area (Å²) in [6, 6.07) is 14.2. The number of carbonyl (C=O) groups excluding carboxylic acids is 2. The average Bonchev–Trinajstić information content (AvgIpc) is 3.14. The first-order valence-corrected chi connectivity index (χ1v) is 13.3. The Morgan fingerprint density at radius 3 is 2.71 bits per heavy atom. The van der Waals surface area contributed by atoms with Crippen LogP contribution >= 0.6 is 11.6 Å². The van der Waals surface area contributed by atoms with Gasteiger partial charge in [0.1, 0.15) is 5.75 Å². The molecule has 0 spiro atoms. The van der Waals surface area contributed by atoms with Gasteiger partial charge >= 0.3 is 12.0 Å². The minimum absolute atomic E-state index is 0.00624. The van der Waals surface area contributed by atoms with Gasteiger partial charge in [0.05, 0.1) is 31.2 Å². The number of nitrogens with one attached hydrogen (secondary N) is 2. The second kappa shape index (κ2) is 13.6. The van der Waals surface area contributed by atoms with Gasteiger partial charge in [-0.2, -0.15) is 0 Å². The van der Waals surface area contributed by atoms with Crippen LogP contribution in [0.3, 0.4) is 0 Å². The zero-order chi connectivity index (χ0) is 29.4. The Balaban J connectivity index is 1.61. The molecule has 1 fully saturated rings. The molecule has 3 amide bonds. The zero-order valence-corrected chi connectivity index (χ0v) is 23.3. The first kappa shape index (κ1) is 29.3. The number of carboxylic acid groups (broad SMARTS) is 1. The molecule has 2 atom stereocenters. The Bertz CT molecular complexity index is 1430. The molecule has 0 bridgehead atoms. The summed E-state index contributed by atoms with van der Waals surface area (Å²) in [6.45, 7) is 1.83. The van der Waals surface area contributed by atoms with E-state index in [1.807, 2.05) is 13.0 Å². The lowest BCUT2D eigenvalue weighted by Gasteiger charge is -2.26. The smallest absolute Gasteiger partial charge is 0.337 e. The Morgan fingerprint density at radius 1 is 1.22 bits per heavy atom. The Morgan fingerprint density at radius 2 is 2.00 bits per heavy atom. The molecule has 0 aliphatic carbocycles. The summed E-state index contributed by atoms with van der Waals surface area (Å²) in [5.41, 5.74) is 1.21. The van der Waals surface area contributed by atoms with E-state index in [0.717, 1.165) is 4.90 Å². The lowest BCUT2D eigenvalue weighted by atomic mass is 9.97. The molecule has 1 aliphatic rings. The van der Waals surface area contributed by atoms with E-state index in [9.17, 15) is 19.5 Å². The summed E-state index contributed by atoms with van der Waals surface area (Å²) in [5.74, 6) is -0.900. The van der Waals surface area contributed by atoms with Crippen LogP contribution in [0.1, 0.15) is 40.9 Å². The third-order valence-corrected chi connectivity index (χ3v) is 6.78. The van der Waals surface area contributed by atoms with Gasteiger partial charge in [0.15, 0.2) is 11.6 Å². The number of rotatable bonds is 9. The van der Waals surface area contributed by atoms with E-state index in [1.54, 1.807) is 42.5 Å². The van der Waals surface area contributed by atoms with Gasteiger partial charge in [-0.3, -0.25) is 14.7 Å². The SMILES string of the molecule is CCC(NC(=O)N1C/C(=N/Oc2ccccc2)NC[C@@H](Cc2cc(Cl)ccc2OC)C1=O)c1cncc(C(=O)O)c1. The van der Waals surface area contributed by atoms with Crippen molar-refractivity contribution in [3.63, 3.8) is 0 Å². The van der Waals surface area contributed by atoms with Crippen LogP contribution in [0.4, 0.5) is 4.79 Å². The molecular weight excluding hydrogens is 550 g/mol. The molecule has 3 aromatic rings. The van der Waals surface area contributed by atoms with E-state index in [2.05, 4.69) is 20.8 Å². The molecule has 0 saturated carbocycles. The van der Waals surface area contributed by atoms with Crippen LogP contribution in [-0.4, -0.2) is 58.9 Å². The summed E-state index contributed by atoms with van der Waals surface area (Å²) in [4.78, 5) is 49.5. The van der Waals surface area contributed by atoms with Crippen LogP contribution in [-0.2, 0) is 11.2 Å². The first-order chi connectivity index (χ1) is 19.8. The van der Waals surface area contributed by atoms with Gasteiger partial charge in [-0.1, -0.05) is 41.9 Å². The molecule has 11 nitrogen and oxygen atoms in total. The van der Waals surface area contributed by atoms with Crippen LogP contribution in [0.25, 0.3) is 0 Å². The Hall–Kier alpha value is -4.64. The van der Waals surface area contributed by atoms with Crippen LogP contribution in [0.5, 0.6) is 11.5 Å². The minimum Gasteiger partial charge on any atom is -0.496 e. The number of hydrogen-bond acceptors (Lipinski definition) is 7. The summed E-state index contributed by atoms with van der Waals surface area (Å²) in [5, 5.41) is 20.0. The summed E-state index contributed by atoms with van der Waals surface area (Å²) < 4.78 is 5.46. The highest BCUT2D eigenvalue weighted by Gasteiger charge is 2.35. The third-order valence-electron chi connectivity index (χ3n) is 6.55. The second-order valence-electron chi connectivity index (χ2n) is 9.33. The predicted molar refractivity (Wildman–Crippen MR) is 152 cm³/mol. The number of ether oxygens (including phenoxy) is 1. The van der Waals surface area contributed by atoms with Gasteiger partial charge in [0.2, 0.25) is 5.91 Å². The van der Waals surface area contributed by atoms with Gasteiger partial charge in [-0.25, -0.2) is 9.59 Å². The summed E-state index contributed by atoms with van der Waals surface area (Å²) in [7, 11) is 1.53. The topological polar surface area (TPSA) is 142 Å². The fraction of sp³-hybridized carbons (Fsp3) is 0.276. The zero-order valence-electron chi connectivity index (χ0n) is 22.5. The van der Waals surface area contributed by atoms with Crippen molar-refractivity contribution in [1.82, 2.24) is 20.5 Å². The summed E-state index contributed by atoms with van der Waals surface area (Å²) in [6.07, 6.45) is 3.39. The lowest BCUT2D eigenvalue weighted by molar-refractivity contribution is -0.131. The Kier molecular flexibility index (Phi) is 9.75. The monoisotopic (exact) mass is 579 g/mol. The van der Waals surface area contributed by atoms with Crippen LogP contribution in [0, 0.1) is 5.92 Å². The number of oxime groups is 1. The minimum atomic E-state index is -1.13. The van der Waals surface area contributed by atoms with Crippen molar-refractivity contribution in [2.75, 3.05) is 20.2 Å². The molecule has 1 unspecified atom stereocenters. The number of methoxy groups -OCH3 is 1. The van der Waals surface area contributed by atoms with Gasteiger partial charge in [-0.15, -0.1) is 0 Å². The number of amidine groups is 1. The molecule has 1 aromatic heterocycles. The van der Waals surface area contributed by atoms with E-state index in [4.69, 9.17) is 21.2 Å². The van der Waals surface area contributed by atoms with E-state index in [-0.39, 0.29) is 30.9 Å². The molecule has 3 N–H and O–H groups in total. The molecule has 214 valence electrons. The molecule has 1 saturated heterocycles. The first-order valence-electron chi connectivity index (χ1n) is 12.9.